The molecule has 0 N–H and O–H groups in total. The summed E-state index contributed by atoms with van der Waals surface area (Å²) in [6.45, 7) is 35.0. The number of rotatable bonds is 8. The fourth-order valence-corrected chi connectivity index (χ4v) is 18.8. The molecular weight excluding hydrogens is 1440 g/mol. The summed E-state index contributed by atoms with van der Waals surface area (Å²) in [6.07, 6.45) is -11.1. The van der Waals surface area contributed by atoms with Gasteiger partial charge in [-0.2, -0.15) is 39.5 Å². The smallest absolute Gasteiger partial charge is 0.359 e. The molecule has 0 radical (unpaired) electrons. The average Bonchev–Trinajstić information content (AvgIpc) is 1.48. The monoisotopic (exact) mass is 1550 g/mol. The van der Waals surface area contributed by atoms with E-state index in [1.54, 1.807) is 39.0 Å². The molecule has 4 aliphatic rings. The second-order valence-corrected chi connectivity index (χ2v) is 34.6. The number of aromatic nitrogens is 6. The number of alkyl halides is 9. The molecule has 7 heterocycles. The predicted octanol–water partition coefficient (Wildman–Crippen LogP) is 23.4. The molecule has 0 spiro atoms. The zero-order valence-electron chi connectivity index (χ0n) is 72.6. The minimum Gasteiger partial charge on any atom is -0.359 e. The molecule has 8 nitrogen and oxygen atoms in total. The largest absolute Gasteiger partial charge is 0.390 e. The highest BCUT2D eigenvalue weighted by atomic mass is 19.4. The van der Waals surface area contributed by atoms with Crippen LogP contribution in [0.2, 0.25) is 0 Å². The lowest BCUT2D eigenvalue weighted by molar-refractivity contribution is -0.735. The fraction of sp³-hybridized carbons (Fsp3) is 0.385. The molecule has 17 heteroatoms. The van der Waals surface area contributed by atoms with Crippen molar-refractivity contribution >= 4 is 5.69 Å². The SMILES string of the molecule is Cc1cc(C)cc(-c2c(-c3ccccc3)c3n([n+]2C)-c2c(C)cccc2C(C)(C)C3(C)CC(F)(F)F)c1.Cc1cc(C)cc(-c2cc3n([n+]2C)-c2c(C)cccc2C(C)(C)C3(C)CC(F)(F)F)c1.Cc1ccccc1N1C=CN(C)[C@H]1C.[2H]C([2H])([2H])c1cc(C)cc(-c2cc3n([n+]2C)-c2c(C)cccc2C(C)(C)C3(C)CC(F)(F)F)c1. The third kappa shape index (κ3) is 14.6. The molecule has 15 rings (SSSR count). The van der Waals surface area contributed by atoms with Crippen molar-refractivity contribution in [2.45, 2.75) is 215 Å². The van der Waals surface area contributed by atoms with E-state index in [4.69, 9.17) is 4.11 Å². The number of nitrogens with zero attached hydrogens (tertiary/aromatic N) is 8. The zero-order valence-corrected chi connectivity index (χ0v) is 69.6. The Kier molecular flexibility index (Phi) is 20.2. The summed E-state index contributed by atoms with van der Waals surface area (Å²) >= 11 is 0. The molecule has 0 bridgehead atoms. The van der Waals surface area contributed by atoms with Gasteiger partial charge in [0.2, 0.25) is 17.1 Å². The summed E-state index contributed by atoms with van der Waals surface area (Å²) in [5, 5.41) is 0. The van der Waals surface area contributed by atoms with Crippen molar-refractivity contribution < 1.29 is 57.7 Å². The van der Waals surface area contributed by atoms with Crippen LogP contribution in [0.4, 0.5) is 45.2 Å². The molecule has 0 aliphatic carbocycles. The third-order valence-electron chi connectivity index (χ3n) is 25.7. The lowest BCUT2D eigenvalue weighted by Gasteiger charge is -2.48. The Morgan fingerprint density at radius 1 is 0.381 bits per heavy atom. The molecule has 0 amide bonds. The highest BCUT2D eigenvalue weighted by Gasteiger charge is 2.61. The van der Waals surface area contributed by atoms with Crippen LogP contribution in [0.1, 0.15) is 182 Å². The first-order chi connectivity index (χ1) is 53.7. The van der Waals surface area contributed by atoms with Crippen LogP contribution in [-0.2, 0) is 53.6 Å². The number of fused-ring (bicyclic) bond motifs is 9. The maximum Gasteiger partial charge on any atom is 0.390 e. The van der Waals surface area contributed by atoms with Crippen molar-refractivity contribution in [3.63, 3.8) is 0 Å². The van der Waals surface area contributed by atoms with Gasteiger partial charge in [-0.25, -0.2) is 0 Å². The Morgan fingerprint density at radius 3 is 1.12 bits per heavy atom. The summed E-state index contributed by atoms with van der Waals surface area (Å²) in [5.41, 5.74) is 19.8. The standard InChI is InChI=1S/C32H34F3N2.2C26H30F3N2.C12H16N2/c1-20-16-21(2)18-24(17-20)28-26(23-13-9-8-10-14-23)29-31(6,19-32(33,34)35)30(4,5)25-15-11-12-22(3)27(25)37(29)36(28)7;2*1-16-11-17(2)13-19(12-16)21-14-22-25(6,15-26(27,28)29)24(4,5)20-10-8-9-18(3)23(20)31(22)30(21)7;1-10-6-4-5-7-12(10)14-9-8-13(3)11(14)2/h8-18H,19H2,1-7H3;2*8-14H,15H2,1-7H3;4-9,11H,1-3H3/q3*+1;/t;;;11-/m...1/s1/i;1D3;;. The number of hydrogen-bond donors (Lipinski definition) is 0. The lowest BCUT2D eigenvalue weighted by atomic mass is 9.56. The van der Waals surface area contributed by atoms with Crippen LogP contribution in [0.3, 0.4) is 0 Å². The maximum atomic E-state index is 14.4. The van der Waals surface area contributed by atoms with Gasteiger partial charge in [-0.15, -0.1) is 28.1 Å². The molecule has 4 aliphatic heterocycles. The van der Waals surface area contributed by atoms with Gasteiger partial charge < -0.3 is 9.80 Å². The molecule has 3 unspecified atom stereocenters. The number of anilines is 1. The normalized spacial score (nSPS) is 20.0. The molecule has 0 saturated carbocycles. The van der Waals surface area contributed by atoms with Gasteiger partial charge >= 0.3 is 18.5 Å². The van der Waals surface area contributed by atoms with Crippen molar-refractivity contribution in [2.24, 2.45) is 21.1 Å². The minimum absolute atomic E-state index is 0.210. The topological polar surface area (TPSA) is 32.9 Å². The van der Waals surface area contributed by atoms with Gasteiger partial charge in [0, 0.05) is 90.6 Å². The molecule has 594 valence electrons. The van der Waals surface area contributed by atoms with E-state index < -0.39 is 77.1 Å². The van der Waals surface area contributed by atoms with Crippen molar-refractivity contribution in [3.8, 4) is 62.0 Å². The van der Waals surface area contributed by atoms with Gasteiger partial charge in [0.25, 0.3) is 0 Å². The van der Waals surface area contributed by atoms with E-state index >= 15 is 0 Å². The Bertz CT molecular complexity index is 5610. The maximum absolute atomic E-state index is 14.4. The average molecular weight is 1550 g/mol. The van der Waals surface area contributed by atoms with E-state index in [0.717, 1.165) is 112 Å². The van der Waals surface area contributed by atoms with Crippen LogP contribution in [0, 0.1) is 69.2 Å². The van der Waals surface area contributed by atoms with Crippen molar-refractivity contribution in [3.05, 3.63) is 278 Å². The van der Waals surface area contributed by atoms with E-state index in [2.05, 4.69) is 127 Å². The summed E-state index contributed by atoms with van der Waals surface area (Å²) in [5.74, 6) is 0. The predicted molar refractivity (Wildman–Crippen MR) is 438 cm³/mol. The summed E-state index contributed by atoms with van der Waals surface area (Å²) in [6, 6.07) is 57.7. The first kappa shape index (κ1) is 78.4. The molecule has 113 heavy (non-hydrogen) atoms. The first-order valence-corrected chi connectivity index (χ1v) is 38.7. The van der Waals surface area contributed by atoms with Gasteiger partial charge in [-0.3, -0.25) is 0 Å². The second kappa shape index (κ2) is 29.2. The number of hydrogen-bond acceptors (Lipinski definition) is 2. The Hall–Kier alpha value is -9.90. The minimum atomic E-state index is -4.36. The lowest BCUT2D eigenvalue weighted by Crippen LogP contribution is -2.54. The van der Waals surface area contributed by atoms with Crippen LogP contribution < -0.4 is 18.9 Å². The van der Waals surface area contributed by atoms with Crippen LogP contribution in [0.5, 0.6) is 0 Å². The second-order valence-electron chi connectivity index (χ2n) is 34.6. The van der Waals surface area contributed by atoms with Gasteiger partial charge in [0.1, 0.15) is 28.9 Å². The Balaban J connectivity index is 0.000000148. The van der Waals surface area contributed by atoms with E-state index in [-0.39, 0.29) is 5.56 Å². The number of halogens is 9. The Labute approximate surface area is 666 Å². The van der Waals surface area contributed by atoms with E-state index in [1.165, 1.54) is 11.3 Å². The molecule has 0 saturated heterocycles. The zero-order chi connectivity index (χ0) is 85.4. The summed E-state index contributed by atoms with van der Waals surface area (Å²) < 4.78 is 162. The number of para-hydroxylation sites is 4. The fourth-order valence-electron chi connectivity index (χ4n) is 18.8. The highest BCUT2D eigenvalue weighted by Crippen LogP contribution is 2.60. The van der Waals surface area contributed by atoms with Gasteiger partial charge in [0.15, 0.2) is 21.1 Å². The van der Waals surface area contributed by atoms with Crippen molar-refractivity contribution in [1.29, 1.82) is 0 Å². The third-order valence-corrected chi connectivity index (χ3v) is 25.7. The van der Waals surface area contributed by atoms with E-state index in [0.29, 0.717) is 34.5 Å². The highest BCUT2D eigenvalue weighted by molar-refractivity contribution is 5.84. The van der Waals surface area contributed by atoms with Crippen LogP contribution in [-0.4, -0.2) is 50.7 Å². The molecule has 11 aromatic rings. The number of benzene rings is 8. The van der Waals surface area contributed by atoms with Crippen LogP contribution in [0.15, 0.2) is 188 Å². The molecular formula is C96H110F9N8+3. The van der Waals surface area contributed by atoms with E-state index in [1.807, 2.05) is 220 Å². The summed E-state index contributed by atoms with van der Waals surface area (Å²) in [4.78, 5) is 4.49. The Morgan fingerprint density at radius 2 is 0.735 bits per heavy atom. The molecule has 3 aromatic heterocycles. The van der Waals surface area contributed by atoms with Crippen molar-refractivity contribution in [1.82, 2.24) is 18.9 Å². The van der Waals surface area contributed by atoms with E-state index in [9.17, 15) is 39.5 Å². The quantitative estimate of drug-likeness (QED) is 0.112. The first-order valence-electron chi connectivity index (χ1n) is 40.2. The van der Waals surface area contributed by atoms with Gasteiger partial charge in [0.05, 0.1) is 36.2 Å². The molecule has 0 fully saturated rings. The molecule has 4 atom stereocenters. The van der Waals surface area contributed by atoms with Gasteiger partial charge in [-0.1, -0.05) is 217 Å². The molecule has 8 aromatic carbocycles. The van der Waals surface area contributed by atoms with Crippen LogP contribution in [0.25, 0.3) is 62.0 Å². The van der Waals surface area contributed by atoms with Crippen LogP contribution >= 0.6 is 0 Å². The van der Waals surface area contributed by atoms with Crippen molar-refractivity contribution in [2.75, 3.05) is 11.9 Å². The number of aryl methyl sites for hydroxylation is 10. The van der Waals surface area contributed by atoms with Gasteiger partial charge in [-0.05, 0) is 163 Å². The summed E-state index contributed by atoms with van der Waals surface area (Å²) in [7, 11) is 7.84.